The summed E-state index contributed by atoms with van der Waals surface area (Å²) in [4.78, 5) is 25.2. The molecule has 0 atom stereocenters. The first kappa shape index (κ1) is 15.6. The first-order chi connectivity index (χ1) is 11.0. The van der Waals surface area contributed by atoms with Crippen LogP contribution in [0.4, 0.5) is 0 Å². The van der Waals surface area contributed by atoms with Crippen LogP contribution in [0, 0.1) is 19.8 Å². The molecule has 1 aromatic carbocycles. The number of nitrogens with zero attached hydrogens (tertiary/aromatic N) is 1. The number of piperidine rings is 1. The topological polar surface area (TPSA) is 70.8 Å². The second-order valence-corrected chi connectivity index (χ2v) is 6.32. The van der Waals surface area contributed by atoms with Crippen molar-refractivity contribution in [2.24, 2.45) is 5.92 Å². The molecule has 1 aliphatic heterocycles. The zero-order chi connectivity index (χ0) is 16.6. The molecule has 3 rings (SSSR count). The molecule has 0 bridgehead atoms. The number of furan rings is 1. The van der Waals surface area contributed by atoms with E-state index in [1.807, 2.05) is 26.0 Å². The van der Waals surface area contributed by atoms with Gasteiger partial charge in [-0.05, 0) is 37.8 Å². The Balaban J connectivity index is 1.72. The summed E-state index contributed by atoms with van der Waals surface area (Å²) in [6.07, 6.45) is 3.03. The number of hydrogen-bond acceptors (Lipinski definition) is 3. The smallest absolute Gasteiger partial charge is 0.306 e. The predicted octanol–water partition coefficient (Wildman–Crippen LogP) is 2.92. The Morgan fingerprint density at radius 1 is 1.26 bits per heavy atom. The highest BCUT2D eigenvalue weighted by Gasteiger charge is 2.27. The van der Waals surface area contributed by atoms with Crippen molar-refractivity contribution in [3.8, 4) is 0 Å². The lowest BCUT2D eigenvalue weighted by molar-refractivity contribution is -0.145. The van der Waals surface area contributed by atoms with E-state index in [-0.39, 0.29) is 11.8 Å². The second kappa shape index (κ2) is 6.07. The molecule has 1 amide bonds. The Bertz CT molecular complexity index is 754. The van der Waals surface area contributed by atoms with Crippen molar-refractivity contribution >= 4 is 22.8 Å². The van der Waals surface area contributed by atoms with Gasteiger partial charge in [0.25, 0.3) is 0 Å². The van der Waals surface area contributed by atoms with Crippen molar-refractivity contribution in [3.63, 3.8) is 0 Å². The van der Waals surface area contributed by atoms with E-state index >= 15 is 0 Å². The standard InChI is InChI=1S/C18H21NO4/c1-11-3-4-15-14(10-23-17(15)12(11)2)9-16(20)19-7-5-13(6-8-19)18(21)22/h3-4,10,13H,5-9H2,1-2H3,(H,21,22). The number of rotatable bonds is 3. The van der Waals surface area contributed by atoms with Gasteiger partial charge in [-0.1, -0.05) is 12.1 Å². The van der Waals surface area contributed by atoms with Gasteiger partial charge in [0, 0.05) is 24.0 Å². The number of benzene rings is 1. The summed E-state index contributed by atoms with van der Waals surface area (Å²) in [5, 5.41) is 10.0. The van der Waals surface area contributed by atoms with Gasteiger partial charge in [-0.3, -0.25) is 9.59 Å². The van der Waals surface area contributed by atoms with Gasteiger partial charge < -0.3 is 14.4 Å². The number of carbonyl (C=O) groups is 2. The van der Waals surface area contributed by atoms with Crippen LogP contribution in [0.1, 0.15) is 29.5 Å². The van der Waals surface area contributed by atoms with Crippen molar-refractivity contribution in [3.05, 3.63) is 35.1 Å². The second-order valence-electron chi connectivity index (χ2n) is 6.32. The highest BCUT2D eigenvalue weighted by Crippen LogP contribution is 2.27. The van der Waals surface area contributed by atoms with Gasteiger partial charge in [-0.15, -0.1) is 0 Å². The number of aryl methyl sites for hydroxylation is 2. The molecule has 1 aliphatic rings. The first-order valence-corrected chi connectivity index (χ1v) is 7.94. The van der Waals surface area contributed by atoms with E-state index in [1.54, 1.807) is 11.2 Å². The summed E-state index contributed by atoms with van der Waals surface area (Å²) >= 11 is 0. The third kappa shape index (κ3) is 2.96. The molecule has 5 nitrogen and oxygen atoms in total. The molecule has 1 saturated heterocycles. The normalized spacial score (nSPS) is 16.0. The van der Waals surface area contributed by atoms with Crippen LogP contribution in [-0.2, 0) is 16.0 Å². The third-order valence-corrected chi connectivity index (χ3v) is 4.88. The van der Waals surface area contributed by atoms with E-state index in [1.165, 1.54) is 5.56 Å². The molecule has 0 unspecified atom stereocenters. The molecular weight excluding hydrogens is 294 g/mol. The van der Waals surface area contributed by atoms with Gasteiger partial charge in [0.05, 0.1) is 18.6 Å². The summed E-state index contributed by atoms with van der Waals surface area (Å²) in [6.45, 7) is 5.09. The van der Waals surface area contributed by atoms with E-state index in [0.717, 1.165) is 22.1 Å². The first-order valence-electron chi connectivity index (χ1n) is 7.94. The van der Waals surface area contributed by atoms with Crippen LogP contribution in [0.3, 0.4) is 0 Å². The summed E-state index contributed by atoms with van der Waals surface area (Å²) in [5.41, 5.74) is 4.01. The highest BCUT2D eigenvalue weighted by atomic mass is 16.4. The highest BCUT2D eigenvalue weighted by molar-refractivity contribution is 5.89. The van der Waals surface area contributed by atoms with Crippen LogP contribution < -0.4 is 0 Å². The van der Waals surface area contributed by atoms with E-state index in [0.29, 0.717) is 32.4 Å². The summed E-state index contributed by atoms with van der Waals surface area (Å²) in [6, 6.07) is 4.04. The SMILES string of the molecule is Cc1ccc2c(CC(=O)N3CCC(C(=O)O)CC3)coc2c1C. The quantitative estimate of drug-likeness (QED) is 0.945. The number of hydrogen-bond donors (Lipinski definition) is 1. The molecule has 0 spiro atoms. The lowest BCUT2D eigenvalue weighted by Gasteiger charge is -2.30. The number of aliphatic carboxylic acids is 1. The zero-order valence-electron chi connectivity index (χ0n) is 13.5. The average molecular weight is 315 g/mol. The average Bonchev–Trinajstić information content (AvgIpc) is 2.94. The van der Waals surface area contributed by atoms with Crippen LogP contribution in [0.5, 0.6) is 0 Å². The molecule has 5 heteroatoms. The molecule has 0 aliphatic carbocycles. The number of amides is 1. The number of fused-ring (bicyclic) bond motifs is 1. The fraction of sp³-hybridized carbons (Fsp3) is 0.444. The van der Waals surface area contributed by atoms with Gasteiger partial charge in [0.1, 0.15) is 5.58 Å². The zero-order valence-corrected chi connectivity index (χ0v) is 13.5. The van der Waals surface area contributed by atoms with Crippen molar-refractivity contribution in [2.45, 2.75) is 33.1 Å². The van der Waals surface area contributed by atoms with E-state index in [9.17, 15) is 9.59 Å². The molecule has 0 saturated carbocycles. The lowest BCUT2D eigenvalue weighted by Crippen LogP contribution is -2.40. The molecule has 2 aromatic rings. The van der Waals surface area contributed by atoms with Gasteiger partial charge in [0.2, 0.25) is 5.91 Å². The van der Waals surface area contributed by atoms with Crippen molar-refractivity contribution < 1.29 is 19.1 Å². The largest absolute Gasteiger partial charge is 0.481 e. The number of carboxylic acids is 1. The summed E-state index contributed by atoms with van der Waals surface area (Å²) < 4.78 is 5.65. The van der Waals surface area contributed by atoms with Crippen LogP contribution in [0.15, 0.2) is 22.8 Å². The van der Waals surface area contributed by atoms with Gasteiger partial charge in [0.15, 0.2) is 0 Å². The van der Waals surface area contributed by atoms with Crippen LogP contribution in [0.2, 0.25) is 0 Å². The minimum absolute atomic E-state index is 0.0368. The van der Waals surface area contributed by atoms with Crippen LogP contribution >= 0.6 is 0 Å². The molecule has 1 N–H and O–H groups in total. The minimum atomic E-state index is -0.760. The molecule has 23 heavy (non-hydrogen) atoms. The van der Waals surface area contributed by atoms with Gasteiger partial charge >= 0.3 is 5.97 Å². The number of likely N-dealkylation sites (tertiary alicyclic amines) is 1. The Morgan fingerprint density at radius 2 is 1.96 bits per heavy atom. The molecule has 2 heterocycles. The number of carbonyl (C=O) groups excluding carboxylic acids is 1. The predicted molar refractivity (Wildman–Crippen MR) is 86.3 cm³/mol. The summed E-state index contributed by atoms with van der Waals surface area (Å²) in [7, 11) is 0. The fourth-order valence-corrected chi connectivity index (χ4v) is 3.18. The Hall–Kier alpha value is -2.30. The molecule has 122 valence electrons. The maximum absolute atomic E-state index is 12.5. The Kier molecular flexibility index (Phi) is 4.11. The van der Waals surface area contributed by atoms with Crippen LogP contribution in [0.25, 0.3) is 11.0 Å². The monoisotopic (exact) mass is 315 g/mol. The molecule has 1 fully saturated rings. The number of carboxylic acid groups (broad SMARTS) is 1. The maximum Gasteiger partial charge on any atom is 0.306 e. The van der Waals surface area contributed by atoms with Crippen molar-refractivity contribution in [2.75, 3.05) is 13.1 Å². The van der Waals surface area contributed by atoms with Gasteiger partial charge in [-0.25, -0.2) is 0 Å². The fourth-order valence-electron chi connectivity index (χ4n) is 3.18. The Morgan fingerprint density at radius 3 is 2.61 bits per heavy atom. The van der Waals surface area contributed by atoms with Crippen molar-refractivity contribution in [1.29, 1.82) is 0 Å². The van der Waals surface area contributed by atoms with E-state index < -0.39 is 5.97 Å². The summed E-state index contributed by atoms with van der Waals surface area (Å²) in [5.74, 6) is -1.04. The molecular formula is C18H21NO4. The van der Waals surface area contributed by atoms with Crippen LogP contribution in [-0.4, -0.2) is 35.0 Å². The van der Waals surface area contributed by atoms with Crippen molar-refractivity contribution in [1.82, 2.24) is 4.90 Å². The lowest BCUT2D eigenvalue weighted by atomic mass is 9.96. The Labute approximate surface area is 134 Å². The van der Waals surface area contributed by atoms with E-state index in [4.69, 9.17) is 9.52 Å². The van der Waals surface area contributed by atoms with E-state index in [2.05, 4.69) is 0 Å². The third-order valence-electron chi connectivity index (χ3n) is 4.88. The molecule has 1 aromatic heterocycles. The maximum atomic E-state index is 12.5. The minimum Gasteiger partial charge on any atom is -0.481 e. The molecule has 0 radical (unpaired) electrons. The van der Waals surface area contributed by atoms with Gasteiger partial charge in [-0.2, -0.15) is 0 Å².